The predicted molar refractivity (Wildman–Crippen MR) is 56.5 cm³/mol. The maximum atomic E-state index is 2.83. The van der Waals surface area contributed by atoms with Gasteiger partial charge in [0.05, 0.1) is 0 Å². The van der Waals surface area contributed by atoms with Crippen molar-refractivity contribution in [2.45, 2.75) is 32.3 Å². The molecule has 1 heterocycles. The Morgan fingerprint density at radius 3 is 2.00 bits per heavy atom. The van der Waals surface area contributed by atoms with Crippen LogP contribution in [-0.4, -0.2) is 0 Å². The molecule has 0 aliphatic rings. The standard InChI is InChI=1S/C9H15PS/c1-6(2)8-4-5-9(11-8)7(3)10/h4-7H,10H2,1-3H3. The Morgan fingerprint density at radius 1 is 1.18 bits per heavy atom. The number of hydrogen-bond donors (Lipinski definition) is 0. The fraction of sp³-hybridized carbons (Fsp3) is 0.556. The monoisotopic (exact) mass is 186 g/mol. The summed E-state index contributed by atoms with van der Waals surface area (Å²) in [6, 6.07) is 4.48. The minimum absolute atomic E-state index is 0.604. The lowest BCUT2D eigenvalue weighted by Crippen LogP contribution is -1.78. The zero-order valence-electron chi connectivity index (χ0n) is 7.29. The van der Waals surface area contributed by atoms with Gasteiger partial charge in [-0.05, 0) is 18.1 Å². The van der Waals surface area contributed by atoms with E-state index in [2.05, 4.69) is 42.1 Å². The van der Waals surface area contributed by atoms with Crippen LogP contribution in [0.15, 0.2) is 12.1 Å². The molecule has 11 heavy (non-hydrogen) atoms. The highest BCUT2D eigenvalue weighted by molar-refractivity contribution is 7.20. The summed E-state index contributed by atoms with van der Waals surface area (Å²) in [5.41, 5.74) is 0.604. The summed E-state index contributed by atoms with van der Waals surface area (Å²) in [5.74, 6) is 0.678. The van der Waals surface area contributed by atoms with E-state index in [-0.39, 0.29) is 0 Å². The first kappa shape index (κ1) is 9.22. The van der Waals surface area contributed by atoms with Crippen molar-refractivity contribution in [3.8, 4) is 0 Å². The molecule has 1 aromatic rings. The van der Waals surface area contributed by atoms with Crippen LogP contribution in [0.25, 0.3) is 0 Å². The van der Waals surface area contributed by atoms with Gasteiger partial charge < -0.3 is 0 Å². The van der Waals surface area contributed by atoms with E-state index in [4.69, 9.17) is 0 Å². The molecule has 0 aliphatic carbocycles. The molecule has 0 saturated heterocycles. The molecule has 0 aliphatic heterocycles. The molecular weight excluding hydrogens is 171 g/mol. The molecule has 2 heteroatoms. The van der Waals surface area contributed by atoms with Crippen LogP contribution in [0.2, 0.25) is 0 Å². The van der Waals surface area contributed by atoms with Crippen molar-refractivity contribution in [3.63, 3.8) is 0 Å². The van der Waals surface area contributed by atoms with Gasteiger partial charge in [0.25, 0.3) is 0 Å². The average molecular weight is 186 g/mol. The number of hydrogen-bond acceptors (Lipinski definition) is 1. The fourth-order valence-electron chi connectivity index (χ4n) is 0.923. The Kier molecular flexibility index (Phi) is 3.09. The summed E-state index contributed by atoms with van der Waals surface area (Å²) in [4.78, 5) is 2.97. The Bertz CT molecular complexity index is 203. The van der Waals surface area contributed by atoms with Crippen molar-refractivity contribution < 1.29 is 0 Å². The quantitative estimate of drug-likeness (QED) is 0.616. The highest BCUT2D eigenvalue weighted by atomic mass is 32.1. The largest absolute Gasteiger partial charge is 0.145 e. The van der Waals surface area contributed by atoms with Gasteiger partial charge >= 0.3 is 0 Å². The Labute approximate surface area is 75.2 Å². The van der Waals surface area contributed by atoms with Gasteiger partial charge in [-0.15, -0.1) is 20.6 Å². The first-order valence-electron chi connectivity index (χ1n) is 3.96. The Balaban J connectivity index is 2.82. The Morgan fingerprint density at radius 2 is 1.73 bits per heavy atom. The lowest BCUT2D eigenvalue weighted by atomic mass is 10.2. The third-order valence-electron chi connectivity index (χ3n) is 1.67. The molecule has 0 radical (unpaired) electrons. The number of thiophene rings is 1. The summed E-state index contributed by atoms with van der Waals surface area (Å²) >= 11 is 1.93. The van der Waals surface area contributed by atoms with Gasteiger partial charge in [0.1, 0.15) is 0 Å². The maximum absolute atomic E-state index is 2.83. The smallest absolute Gasteiger partial charge is 0.0114 e. The lowest BCUT2D eigenvalue weighted by Gasteiger charge is -2.00. The molecule has 0 aromatic carbocycles. The lowest BCUT2D eigenvalue weighted by molar-refractivity contribution is 0.890. The molecule has 1 rings (SSSR count). The van der Waals surface area contributed by atoms with Crippen molar-refractivity contribution in [1.29, 1.82) is 0 Å². The first-order valence-corrected chi connectivity index (χ1v) is 5.44. The Hall–Kier alpha value is 0.130. The molecule has 62 valence electrons. The first-order chi connectivity index (χ1) is 5.11. The van der Waals surface area contributed by atoms with E-state index in [9.17, 15) is 0 Å². The molecular formula is C9H15PS. The van der Waals surface area contributed by atoms with E-state index in [0.29, 0.717) is 11.6 Å². The molecule has 0 spiro atoms. The van der Waals surface area contributed by atoms with Gasteiger partial charge in [0.2, 0.25) is 0 Å². The maximum Gasteiger partial charge on any atom is 0.0114 e. The van der Waals surface area contributed by atoms with Gasteiger partial charge in [-0.3, -0.25) is 0 Å². The average Bonchev–Trinajstić information content (AvgIpc) is 2.33. The summed E-state index contributed by atoms with van der Waals surface area (Å²) in [6.07, 6.45) is 0. The van der Waals surface area contributed by atoms with Crippen LogP contribution < -0.4 is 0 Å². The predicted octanol–water partition coefficient (Wildman–Crippen LogP) is 3.81. The van der Waals surface area contributed by atoms with Crippen LogP contribution in [0, 0.1) is 0 Å². The van der Waals surface area contributed by atoms with Crippen LogP contribution in [0.5, 0.6) is 0 Å². The SMILES string of the molecule is CC(C)c1ccc(C(C)P)s1. The van der Waals surface area contributed by atoms with Crippen LogP contribution in [-0.2, 0) is 0 Å². The topological polar surface area (TPSA) is 0 Å². The van der Waals surface area contributed by atoms with Crippen molar-refractivity contribution in [2.75, 3.05) is 0 Å². The van der Waals surface area contributed by atoms with Crippen molar-refractivity contribution in [2.24, 2.45) is 0 Å². The minimum Gasteiger partial charge on any atom is -0.145 e. The number of rotatable bonds is 2. The van der Waals surface area contributed by atoms with E-state index in [1.807, 2.05) is 11.3 Å². The molecule has 0 nitrogen and oxygen atoms in total. The molecule has 1 aromatic heterocycles. The summed E-state index contributed by atoms with van der Waals surface area (Å²) < 4.78 is 0. The highest BCUT2D eigenvalue weighted by Gasteiger charge is 2.05. The zero-order chi connectivity index (χ0) is 8.43. The molecule has 0 saturated carbocycles. The fourth-order valence-corrected chi connectivity index (χ4v) is 2.20. The molecule has 2 atom stereocenters. The van der Waals surface area contributed by atoms with E-state index in [0.717, 1.165) is 0 Å². The normalized spacial score (nSPS) is 13.9. The summed E-state index contributed by atoms with van der Waals surface area (Å²) in [6.45, 7) is 6.69. The third-order valence-corrected chi connectivity index (χ3v) is 3.85. The van der Waals surface area contributed by atoms with E-state index >= 15 is 0 Å². The summed E-state index contributed by atoms with van der Waals surface area (Å²) in [7, 11) is 2.83. The second kappa shape index (κ2) is 3.69. The van der Waals surface area contributed by atoms with Crippen LogP contribution >= 0.6 is 20.6 Å². The molecule has 0 N–H and O–H groups in total. The van der Waals surface area contributed by atoms with E-state index < -0.39 is 0 Å². The second-order valence-electron chi connectivity index (χ2n) is 3.18. The van der Waals surface area contributed by atoms with Gasteiger partial charge in [-0.2, -0.15) is 0 Å². The van der Waals surface area contributed by atoms with Crippen LogP contribution in [0.1, 0.15) is 42.1 Å². The molecule has 2 unspecified atom stereocenters. The van der Waals surface area contributed by atoms with Gasteiger partial charge in [-0.1, -0.05) is 20.8 Å². The van der Waals surface area contributed by atoms with Crippen molar-refractivity contribution in [1.82, 2.24) is 0 Å². The minimum atomic E-state index is 0.604. The second-order valence-corrected chi connectivity index (χ2v) is 5.33. The summed E-state index contributed by atoms with van der Waals surface area (Å²) in [5, 5.41) is 0. The van der Waals surface area contributed by atoms with Crippen molar-refractivity contribution in [3.05, 3.63) is 21.9 Å². The molecule has 0 bridgehead atoms. The van der Waals surface area contributed by atoms with Gasteiger partial charge in [0.15, 0.2) is 0 Å². The zero-order valence-corrected chi connectivity index (χ0v) is 9.27. The van der Waals surface area contributed by atoms with E-state index in [1.54, 1.807) is 0 Å². The van der Waals surface area contributed by atoms with E-state index in [1.165, 1.54) is 9.75 Å². The third kappa shape index (κ3) is 2.28. The van der Waals surface area contributed by atoms with Crippen LogP contribution in [0.3, 0.4) is 0 Å². The molecule has 0 fully saturated rings. The van der Waals surface area contributed by atoms with Gasteiger partial charge in [0, 0.05) is 15.4 Å². The van der Waals surface area contributed by atoms with Gasteiger partial charge in [-0.25, -0.2) is 0 Å². The van der Waals surface area contributed by atoms with Crippen LogP contribution in [0.4, 0.5) is 0 Å². The highest BCUT2D eigenvalue weighted by Crippen LogP contribution is 2.32. The molecule has 0 amide bonds. The van der Waals surface area contributed by atoms with Crippen molar-refractivity contribution >= 4 is 20.6 Å².